The zero-order valence-electron chi connectivity index (χ0n) is 9.24. The molecule has 0 saturated carbocycles. The van der Waals surface area contributed by atoms with Crippen molar-refractivity contribution in [2.75, 3.05) is 26.3 Å². The first-order chi connectivity index (χ1) is 7.19. The minimum Gasteiger partial charge on any atom is -0.450 e. The number of ether oxygens (including phenoxy) is 1. The number of piperidine rings is 1. The normalized spacial score (nSPS) is 17.6. The van der Waals surface area contributed by atoms with E-state index in [4.69, 9.17) is 9.84 Å². The summed E-state index contributed by atoms with van der Waals surface area (Å²) < 4.78 is 4.92. The van der Waals surface area contributed by atoms with E-state index in [0.29, 0.717) is 25.6 Å². The zero-order valence-corrected chi connectivity index (χ0v) is 9.24. The van der Waals surface area contributed by atoms with Gasteiger partial charge >= 0.3 is 6.09 Å². The second-order valence-corrected chi connectivity index (χ2v) is 3.78. The van der Waals surface area contributed by atoms with E-state index in [2.05, 4.69) is 6.58 Å². The summed E-state index contributed by atoms with van der Waals surface area (Å²) in [6.07, 6.45) is 1.52. The molecule has 0 aromatic heterocycles. The Bertz CT molecular complexity index is 232. The fourth-order valence-corrected chi connectivity index (χ4v) is 1.81. The van der Waals surface area contributed by atoms with Crippen LogP contribution >= 0.6 is 0 Å². The summed E-state index contributed by atoms with van der Waals surface area (Å²) >= 11 is 0. The first-order valence-electron chi connectivity index (χ1n) is 5.39. The van der Waals surface area contributed by atoms with Crippen LogP contribution in [0.1, 0.15) is 19.8 Å². The van der Waals surface area contributed by atoms with Gasteiger partial charge in [-0.1, -0.05) is 6.58 Å². The molecule has 0 bridgehead atoms. The van der Waals surface area contributed by atoms with Crippen molar-refractivity contribution in [1.82, 2.24) is 4.90 Å². The van der Waals surface area contributed by atoms with Crippen molar-refractivity contribution in [2.45, 2.75) is 19.8 Å². The van der Waals surface area contributed by atoms with Crippen LogP contribution in [0.3, 0.4) is 0 Å². The molecule has 0 aromatic rings. The quantitative estimate of drug-likeness (QED) is 0.721. The van der Waals surface area contributed by atoms with Crippen LogP contribution in [0.25, 0.3) is 0 Å². The van der Waals surface area contributed by atoms with Crippen molar-refractivity contribution in [1.29, 1.82) is 0 Å². The fourth-order valence-electron chi connectivity index (χ4n) is 1.81. The van der Waals surface area contributed by atoms with Crippen LogP contribution in [0, 0.1) is 5.92 Å². The van der Waals surface area contributed by atoms with E-state index in [9.17, 15) is 4.79 Å². The molecule has 1 aliphatic heterocycles. The fraction of sp³-hybridized carbons (Fsp3) is 0.727. The highest BCUT2D eigenvalue weighted by molar-refractivity contribution is 5.67. The molecule has 0 unspecified atom stereocenters. The highest BCUT2D eigenvalue weighted by atomic mass is 16.6. The number of aliphatic hydroxyl groups is 1. The van der Waals surface area contributed by atoms with E-state index in [1.165, 1.54) is 0 Å². The van der Waals surface area contributed by atoms with Crippen molar-refractivity contribution in [3.05, 3.63) is 12.2 Å². The molecule has 1 N–H and O–H groups in total. The number of carbonyl (C=O) groups is 1. The number of aliphatic hydroxyl groups excluding tert-OH is 1. The Morgan fingerprint density at radius 1 is 1.53 bits per heavy atom. The third-order valence-electron chi connectivity index (χ3n) is 2.80. The van der Waals surface area contributed by atoms with Crippen LogP contribution in [0.5, 0.6) is 0 Å². The van der Waals surface area contributed by atoms with E-state index in [-0.39, 0.29) is 12.7 Å². The van der Waals surface area contributed by atoms with Crippen LogP contribution in [-0.4, -0.2) is 42.4 Å². The van der Waals surface area contributed by atoms with Gasteiger partial charge in [0, 0.05) is 13.1 Å². The van der Waals surface area contributed by atoms with E-state index in [1.807, 2.05) is 0 Å². The Hall–Kier alpha value is -1.03. The van der Waals surface area contributed by atoms with Crippen LogP contribution in [0.4, 0.5) is 4.79 Å². The average molecular weight is 213 g/mol. The summed E-state index contributed by atoms with van der Waals surface area (Å²) in [7, 11) is 0. The molecule has 1 fully saturated rings. The third kappa shape index (κ3) is 3.23. The molecule has 0 atom stereocenters. The van der Waals surface area contributed by atoms with E-state index in [1.54, 1.807) is 11.8 Å². The van der Waals surface area contributed by atoms with Gasteiger partial charge in [-0.3, -0.25) is 0 Å². The molecule has 86 valence electrons. The predicted octanol–water partition coefficient (Wildman–Crippen LogP) is 1.40. The smallest absolute Gasteiger partial charge is 0.409 e. The summed E-state index contributed by atoms with van der Waals surface area (Å²) in [5, 5.41) is 8.94. The van der Waals surface area contributed by atoms with Crippen molar-refractivity contribution in [3.63, 3.8) is 0 Å². The maximum Gasteiger partial charge on any atom is 0.409 e. The predicted molar refractivity (Wildman–Crippen MR) is 57.5 cm³/mol. The van der Waals surface area contributed by atoms with Gasteiger partial charge in [0.1, 0.15) is 0 Å². The molecule has 0 radical (unpaired) electrons. The Morgan fingerprint density at radius 3 is 2.60 bits per heavy atom. The van der Waals surface area contributed by atoms with E-state index >= 15 is 0 Å². The SMILES string of the molecule is C=C(CO)C1CCN(C(=O)OCC)CC1. The van der Waals surface area contributed by atoms with Crippen molar-refractivity contribution in [2.24, 2.45) is 5.92 Å². The number of rotatable bonds is 3. The summed E-state index contributed by atoms with van der Waals surface area (Å²) in [6.45, 7) is 7.48. The van der Waals surface area contributed by atoms with Gasteiger partial charge in [-0.2, -0.15) is 0 Å². The van der Waals surface area contributed by atoms with Crippen molar-refractivity contribution < 1.29 is 14.6 Å². The molecule has 4 nitrogen and oxygen atoms in total. The molecule has 1 amide bonds. The topological polar surface area (TPSA) is 49.8 Å². The summed E-state index contributed by atoms with van der Waals surface area (Å²) in [5.41, 5.74) is 0.874. The summed E-state index contributed by atoms with van der Waals surface area (Å²) in [4.78, 5) is 13.1. The molecule has 1 rings (SSSR count). The lowest BCUT2D eigenvalue weighted by Gasteiger charge is -2.31. The molecule has 0 aliphatic carbocycles. The van der Waals surface area contributed by atoms with Gasteiger partial charge in [0.25, 0.3) is 0 Å². The maximum absolute atomic E-state index is 11.4. The summed E-state index contributed by atoms with van der Waals surface area (Å²) in [6, 6.07) is 0. The monoisotopic (exact) mass is 213 g/mol. The number of carbonyl (C=O) groups excluding carboxylic acids is 1. The first-order valence-corrected chi connectivity index (χ1v) is 5.39. The van der Waals surface area contributed by atoms with Gasteiger partial charge in [0.15, 0.2) is 0 Å². The Labute approximate surface area is 90.5 Å². The van der Waals surface area contributed by atoms with Crippen LogP contribution in [0.15, 0.2) is 12.2 Å². The van der Waals surface area contributed by atoms with E-state index < -0.39 is 0 Å². The number of nitrogens with zero attached hydrogens (tertiary/aromatic N) is 1. The zero-order chi connectivity index (χ0) is 11.3. The Balaban J connectivity index is 2.35. The minimum absolute atomic E-state index is 0.0457. The van der Waals surface area contributed by atoms with Crippen molar-refractivity contribution in [3.8, 4) is 0 Å². The average Bonchev–Trinajstić information content (AvgIpc) is 2.28. The van der Waals surface area contributed by atoms with Gasteiger partial charge in [0.05, 0.1) is 13.2 Å². The molecule has 1 aliphatic rings. The third-order valence-corrected chi connectivity index (χ3v) is 2.80. The molecular weight excluding hydrogens is 194 g/mol. The molecule has 0 spiro atoms. The maximum atomic E-state index is 11.4. The highest BCUT2D eigenvalue weighted by Crippen LogP contribution is 2.23. The molecule has 15 heavy (non-hydrogen) atoms. The first kappa shape index (κ1) is 12.0. The second kappa shape index (κ2) is 5.75. The van der Waals surface area contributed by atoms with Gasteiger partial charge in [-0.05, 0) is 31.3 Å². The molecule has 1 saturated heterocycles. The van der Waals surface area contributed by atoms with Crippen LogP contribution < -0.4 is 0 Å². The van der Waals surface area contributed by atoms with Gasteiger partial charge in [-0.15, -0.1) is 0 Å². The lowest BCUT2D eigenvalue weighted by atomic mass is 9.90. The number of hydrogen-bond donors (Lipinski definition) is 1. The Morgan fingerprint density at radius 2 is 2.13 bits per heavy atom. The lowest BCUT2D eigenvalue weighted by Crippen LogP contribution is -2.39. The molecule has 0 aromatic carbocycles. The number of hydrogen-bond acceptors (Lipinski definition) is 3. The number of amides is 1. The molecule has 1 heterocycles. The number of likely N-dealkylation sites (tertiary alicyclic amines) is 1. The highest BCUT2D eigenvalue weighted by Gasteiger charge is 2.24. The largest absolute Gasteiger partial charge is 0.450 e. The van der Waals surface area contributed by atoms with Crippen LogP contribution in [0.2, 0.25) is 0 Å². The summed E-state index contributed by atoms with van der Waals surface area (Å²) in [5.74, 6) is 0.348. The Kier molecular flexibility index (Phi) is 4.62. The van der Waals surface area contributed by atoms with Crippen LogP contribution in [-0.2, 0) is 4.74 Å². The molecule has 4 heteroatoms. The molecular formula is C11H19NO3. The van der Waals surface area contributed by atoms with Gasteiger partial charge in [-0.25, -0.2) is 4.79 Å². The minimum atomic E-state index is -0.231. The second-order valence-electron chi connectivity index (χ2n) is 3.78. The standard InChI is InChI=1S/C11H19NO3/c1-3-15-11(14)12-6-4-10(5-7-12)9(2)8-13/h10,13H,2-8H2,1H3. The van der Waals surface area contributed by atoms with E-state index in [0.717, 1.165) is 18.4 Å². The van der Waals surface area contributed by atoms with Gasteiger partial charge in [0.2, 0.25) is 0 Å². The lowest BCUT2D eigenvalue weighted by molar-refractivity contribution is 0.0937. The van der Waals surface area contributed by atoms with Gasteiger partial charge < -0.3 is 14.7 Å². The van der Waals surface area contributed by atoms with Crippen molar-refractivity contribution >= 4 is 6.09 Å².